The Morgan fingerprint density at radius 3 is 2.23 bits per heavy atom. The van der Waals surface area contributed by atoms with E-state index in [0.717, 1.165) is 10.6 Å². The van der Waals surface area contributed by atoms with Crippen molar-refractivity contribution in [2.75, 3.05) is 38.2 Å². The summed E-state index contributed by atoms with van der Waals surface area (Å²) in [4.78, 5) is 12.4. The number of ether oxygens (including phenoxy) is 1. The van der Waals surface area contributed by atoms with Crippen LogP contribution in [0.25, 0.3) is 0 Å². The Hall–Kier alpha value is -2.34. The van der Waals surface area contributed by atoms with E-state index in [4.69, 9.17) is 16.3 Å². The molecule has 0 atom stereocenters. The molecule has 0 aliphatic carbocycles. The summed E-state index contributed by atoms with van der Waals surface area (Å²) in [7, 11) is -4.06. The minimum absolute atomic E-state index is 0.0970. The van der Waals surface area contributed by atoms with Gasteiger partial charge in [-0.1, -0.05) is 11.6 Å². The first-order valence-electron chi connectivity index (χ1n) is 8.61. The molecular weight excluding hydrogens is 454 g/mol. The number of anilines is 1. The molecule has 0 spiro atoms. The third kappa shape index (κ3) is 6.59. The van der Waals surface area contributed by atoms with Crippen molar-refractivity contribution in [2.24, 2.45) is 0 Å². The van der Waals surface area contributed by atoms with Crippen molar-refractivity contribution in [1.29, 1.82) is 0 Å². The Labute approximate surface area is 181 Å². The molecule has 164 valence electrons. The molecule has 0 aliphatic heterocycles. The summed E-state index contributed by atoms with van der Waals surface area (Å²) in [6, 6.07) is 10.1. The average Bonchev–Trinajstić information content (AvgIpc) is 2.64. The Kier molecular flexibility index (Phi) is 7.70. The maximum Gasteiger partial charge on any atom is 0.252 e. The molecule has 0 fully saturated rings. The van der Waals surface area contributed by atoms with Crippen LogP contribution in [-0.2, 0) is 20.0 Å². The van der Waals surface area contributed by atoms with Crippen LogP contribution in [-0.4, -0.2) is 60.6 Å². The molecule has 12 heteroatoms. The van der Waals surface area contributed by atoms with E-state index in [1.165, 1.54) is 56.6 Å². The monoisotopic (exact) mass is 475 g/mol. The summed E-state index contributed by atoms with van der Waals surface area (Å²) >= 11 is 6.06. The highest BCUT2D eigenvalue weighted by Gasteiger charge is 2.16. The summed E-state index contributed by atoms with van der Waals surface area (Å²) in [5, 5.41) is 2.74. The number of halogens is 1. The molecule has 0 aromatic heterocycles. The molecule has 2 rings (SSSR count). The van der Waals surface area contributed by atoms with E-state index in [0.29, 0.717) is 5.75 Å². The van der Waals surface area contributed by atoms with Gasteiger partial charge in [0.15, 0.2) is 0 Å². The lowest BCUT2D eigenvalue weighted by atomic mass is 10.2. The van der Waals surface area contributed by atoms with Crippen molar-refractivity contribution in [2.45, 2.75) is 4.90 Å². The normalized spacial score (nSPS) is 11.9. The van der Waals surface area contributed by atoms with Crippen molar-refractivity contribution in [3.05, 3.63) is 53.1 Å². The average molecular weight is 476 g/mol. The van der Waals surface area contributed by atoms with Crippen molar-refractivity contribution in [3.63, 3.8) is 0 Å². The molecule has 0 radical (unpaired) electrons. The fourth-order valence-electron chi connectivity index (χ4n) is 2.32. The standard InChI is InChI=1S/C18H22ClN3O6S2/c1-22(2)30(26,27)15-7-5-14(6-8-15)28-11-10-20-18(23)16-9-4-13(12-17(16)19)21-29(3,24)25/h4-9,12,21H,10-11H2,1-3H3,(H,20,23). The smallest absolute Gasteiger partial charge is 0.252 e. The number of hydrogen-bond donors (Lipinski definition) is 2. The molecule has 9 nitrogen and oxygen atoms in total. The molecule has 0 bridgehead atoms. The molecule has 2 aromatic rings. The first-order valence-corrected chi connectivity index (χ1v) is 12.3. The largest absolute Gasteiger partial charge is 0.492 e. The van der Waals surface area contributed by atoms with Gasteiger partial charge in [-0.05, 0) is 42.5 Å². The maximum atomic E-state index is 12.2. The Bertz CT molecular complexity index is 1120. The SMILES string of the molecule is CN(C)S(=O)(=O)c1ccc(OCCNC(=O)c2ccc(NS(C)(=O)=O)cc2Cl)cc1. The van der Waals surface area contributed by atoms with Crippen LogP contribution in [0, 0.1) is 0 Å². The number of amides is 1. The van der Waals surface area contributed by atoms with Gasteiger partial charge in [-0.25, -0.2) is 21.1 Å². The highest BCUT2D eigenvalue weighted by molar-refractivity contribution is 7.92. The predicted octanol–water partition coefficient (Wildman–Crippen LogP) is 1.77. The number of hydrogen-bond acceptors (Lipinski definition) is 6. The van der Waals surface area contributed by atoms with Crippen molar-refractivity contribution in [3.8, 4) is 5.75 Å². The van der Waals surface area contributed by atoms with E-state index in [2.05, 4.69) is 10.0 Å². The fourth-order valence-corrected chi connectivity index (χ4v) is 4.05. The second-order valence-corrected chi connectivity index (χ2v) is 10.7. The Morgan fingerprint density at radius 1 is 1.07 bits per heavy atom. The Morgan fingerprint density at radius 2 is 1.70 bits per heavy atom. The van der Waals surface area contributed by atoms with Crippen molar-refractivity contribution >= 4 is 43.2 Å². The second kappa shape index (κ2) is 9.65. The van der Waals surface area contributed by atoms with Gasteiger partial charge in [-0.3, -0.25) is 9.52 Å². The lowest BCUT2D eigenvalue weighted by molar-refractivity contribution is 0.0947. The summed E-state index contributed by atoms with van der Waals surface area (Å²) in [5.41, 5.74) is 0.441. The Balaban J connectivity index is 1.88. The topological polar surface area (TPSA) is 122 Å². The highest BCUT2D eigenvalue weighted by atomic mass is 35.5. The summed E-state index contributed by atoms with van der Waals surface area (Å²) in [5.74, 6) is 0.0121. The van der Waals surface area contributed by atoms with E-state index in [-0.39, 0.29) is 34.3 Å². The molecule has 0 heterocycles. The lowest BCUT2D eigenvalue weighted by Gasteiger charge is -2.12. The summed E-state index contributed by atoms with van der Waals surface area (Å²) in [6.07, 6.45) is 1.01. The number of carbonyl (C=O) groups excluding carboxylic acids is 1. The summed E-state index contributed by atoms with van der Waals surface area (Å²) in [6.45, 7) is 0.326. The zero-order valence-electron chi connectivity index (χ0n) is 16.5. The van der Waals surface area contributed by atoms with E-state index in [9.17, 15) is 21.6 Å². The van der Waals surface area contributed by atoms with Crippen LogP contribution in [0.5, 0.6) is 5.75 Å². The number of nitrogens with one attached hydrogen (secondary N) is 2. The van der Waals surface area contributed by atoms with Crippen LogP contribution in [0.3, 0.4) is 0 Å². The fraction of sp³-hybridized carbons (Fsp3) is 0.278. The molecule has 0 saturated heterocycles. The molecule has 30 heavy (non-hydrogen) atoms. The van der Waals surface area contributed by atoms with Gasteiger partial charge in [0.25, 0.3) is 5.91 Å². The molecule has 0 saturated carbocycles. The van der Waals surface area contributed by atoms with Gasteiger partial charge in [0.1, 0.15) is 12.4 Å². The van der Waals surface area contributed by atoms with Gasteiger partial charge in [-0.2, -0.15) is 0 Å². The molecule has 2 N–H and O–H groups in total. The predicted molar refractivity (Wildman–Crippen MR) is 115 cm³/mol. The number of nitrogens with zero attached hydrogens (tertiary/aromatic N) is 1. The van der Waals surface area contributed by atoms with Crippen LogP contribution >= 0.6 is 11.6 Å². The van der Waals surface area contributed by atoms with Crippen LogP contribution in [0.2, 0.25) is 5.02 Å². The van der Waals surface area contributed by atoms with E-state index in [1.807, 2.05) is 0 Å². The van der Waals surface area contributed by atoms with Gasteiger partial charge in [-0.15, -0.1) is 0 Å². The van der Waals surface area contributed by atoms with Gasteiger partial charge in [0, 0.05) is 19.8 Å². The van der Waals surface area contributed by atoms with Crippen molar-refractivity contribution in [1.82, 2.24) is 9.62 Å². The molecule has 1 amide bonds. The maximum absolute atomic E-state index is 12.2. The number of sulfonamides is 2. The van der Waals surface area contributed by atoms with Crippen LogP contribution < -0.4 is 14.8 Å². The van der Waals surface area contributed by atoms with E-state index in [1.54, 1.807) is 0 Å². The zero-order chi connectivity index (χ0) is 22.5. The van der Waals surface area contributed by atoms with Gasteiger partial charge < -0.3 is 10.1 Å². The van der Waals surface area contributed by atoms with Crippen molar-refractivity contribution < 1.29 is 26.4 Å². The number of benzene rings is 2. The third-order valence-electron chi connectivity index (χ3n) is 3.78. The third-order valence-corrected chi connectivity index (χ3v) is 6.52. The minimum Gasteiger partial charge on any atom is -0.492 e. The summed E-state index contributed by atoms with van der Waals surface area (Å²) < 4.78 is 55.4. The highest BCUT2D eigenvalue weighted by Crippen LogP contribution is 2.22. The van der Waals surface area contributed by atoms with Crippen LogP contribution in [0.4, 0.5) is 5.69 Å². The zero-order valence-corrected chi connectivity index (χ0v) is 18.9. The van der Waals surface area contributed by atoms with E-state index < -0.39 is 26.0 Å². The lowest BCUT2D eigenvalue weighted by Crippen LogP contribution is -2.28. The minimum atomic E-state index is -3.51. The molecule has 0 unspecified atom stereocenters. The van der Waals surface area contributed by atoms with Crippen LogP contribution in [0.15, 0.2) is 47.4 Å². The molecular formula is C18H22ClN3O6S2. The molecule has 0 aliphatic rings. The van der Waals surface area contributed by atoms with Crippen LogP contribution in [0.1, 0.15) is 10.4 Å². The quantitative estimate of drug-likeness (QED) is 0.533. The first-order chi connectivity index (χ1) is 13.9. The number of rotatable bonds is 9. The van der Waals surface area contributed by atoms with Gasteiger partial charge in [0.2, 0.25) is 20.0 Å². The number of carbonyl (C=O) groups is 1. The molecule has 2 aromatic carbocycles. The van der Waals surface area contributed by atoms with Gasteiger partial charge in [0.05, 0.1) is 28.3 Å². The second-order valence-electron chi connectivity index (χ2n) is 6.43. The first kappa shape index (κ1) is 23.9. The van der Waals surface area contributed by atoms with Gasteiger partial charge >= 0.3 is 0 Å². The van der Waals surface area contributed by atoms with E-state index >= 15 is 0 Å².